The van der Waals surface area contributed by atoms with Crippen LogP contribution in [0.4, 0.5) is 0 Å². The third-order valence-electron chi connectivity index (χ3n) is 3.80. The molecule has 100 valence electrons. The van der Waals surface area contributed by atoms with E-state index in [1.54, 1.807) is 0 Å². The molecule has 1 saturated heterocycles. The number of nitrogens with zero attached hydrogens (tertiary/aromatic N) is 1. The Labute approximate surface area is 114 Å². The van der Waals surface area contributed by atoms with Gasteiger partial charge in [-0.1, -0.05) is 29.8 Å². The highest BCUT2D eigenvalue weighted by molar-refractivity contribution is 6.31. The summed E-state index contributed by atoms with van der Waals surface area (Å²) in [6.45, 7) is 6.06. The molecule has 0 saturated carbocycles. The lowest BCUT2D eigenvalue weighted by Gasteiger charge is -2.40. The molecule has 0 amide bonds. The molecule has 18 heavy (non-hydrogen) atoms. The van der Waals surface area contributed by atoms with E-state index in [4.69, 9.17) is 11.6 Å². The van der Waals surface area contributed by atoms with Crippen LogP contribution in [0, 0.1) is 0 Å². The van der Waals surface area contributed by atoms with E-state index in [2.05, 4.69) is 17.1 Å². The summed E-state index contributed by atoms with van der Waals surface area (Å²) < 4.78 is 0. The Morgan fingerprint density at radius 1 is 1.33 bits per heavy atom. The predicted octanol–water partition coefficient (Wildman–Crippen LogP) is 1.84. The summed E-state index contributed by atoms with van der Waals surface area (Å²) >= 11 is 6.29. The normalized spacial score (nSPS) is 21.3. The van der Waals surface area contributed by atoms with Crippen molar-refractivity contribution >= 4 is 11.6 Å². The van der Waals surface area contributed by atoms with Gasteiger partial charge in [0.2, 0.25) is 0 Å². The SMILES string of the molecule is CC(CO)(c1ccccc1Cl)N1CCCNCC1. The van der Waals surface area contributed by atoms with Crippen LogP contribution in [0.3, 0.4) is 0 Å². The lowest BCUT2D eigenvalue weighted by molar-refractivity contribution is 0.0453. The molecule has 2 rings (SSSR count). The monoisotopic (exact) mass is 268 g/mol. The molecule has 0 bridgehead atoms. The van der Waals surface area contributed by atoms with E-state index < -0.39 is 5.54 Å². The van der Waals surface area contributed by atoms with Gasteiger partial charge in [-0.3, -0.25) is 4.90 Å². The zero-order chi connectivity index (χ0) is 13.0. The van der Waals surface area contributed by atoms with Crippen molar-refractivity contribution < 1.29 is 5.11 Å². The minimum absolute atomic E-state index is 0.0801. The number of benzene rings is 1. The molecule has 1 aliphatic heterocycles. The van der Waals surface area contributed by atoms with E-state index >= 15 is 0 Å². The van der Waals surface area contributed by atoms with Crippen LogP contribution in [-0.4, -0.2) is 42.8 Å². The largest absolute Gasteiger partial charge is 0.394 e. The number of nitrogens with one attached hydrogen (secondary N) is 1. The average molecular weight is 269 g/mol. The first-order valence-corrected chi connectivity index (χ1v) is 6.88. The van der Waals surface area contributed by atoms with Crippen molar-refractivity contribution in [2.45, 2.75) is 18.9 Å². The fourth-order valence-corrected chi connectivity index (χ4v) is 2.93. The molecule has 1 aliphatic rings. The van der Waals surface area contributed by atoms with Gasteiger partial charge in [0.25, 0.3) is 0 Å². The smallest absolute Gasteiger partial charge is 0.0680 e. The fraction of sp³-hybridized carbons (Fsp3) is 0.571. The van der Waals surface area contributed by atoms with Crippen molar-refractivity contribution in [3.63, 3.8) is 0 Å². The Bertz CT molecular complexity index is 391. The van der Waals surface area contributed by atoms with Gasteiger partial charge in [-0.05, 0) is 31.5 Å². The zero-order valence-electron chi connectivity index (χ0n) is 10.8. The second-order valence-corrected chi connectivity index (χ2v) is 5.41. The second kappa shape index (κ2) is 6.02. The van der Waals surface area contributed by atoms with Gasteiger partial charge >= 0.3 is 0 Å². The quantitative estimate of drug-likeness (QED) is 0.878. The fourth-order valence-electron chi connectivity index (χ4n) is 2.59. The molecule has 1 unspecified atom stereocenters. The predicted molar refractivity (Wildman–Crippen MR) is 74.9 cm³/mol. The first-order chi connectivity index (χ1) is 8.68. The number of aliphatic hydroxyl groups excluding tert-OH is 1. The summed E-state index contributed by atoms with van der Waals surface area (Å²) in [6, 6.07) is 7.80. The van der Waals surface area contributed by atoms with Gasteiger partial charge in [-0.25, -0.2) is 0 Å². The van der Waals surface area contributed by atoms with Crippen LogP contribution in [-0.2, 0) is 5.54 Å². The van der Waals surface area contributed by atoms with Crippen molar-refractivity contribution in [2.75, 3.05) is 32.8 Å². The third-order valence-corrected chi connectivity index (χ3v) is 4.13. The summed E-state index contributed by atoms with van der Waals surface area (Å²) in [4.78, 5) is 2.33. The standard InChI is InChI=1S/C14H21ClN2O/c1-14(11-18,12-5-2-3-6-13(12)15)17-9-4-7-16-8-10-17/h2-3,5-6,16,18H,4,7-11H2,1H3. The number of rotatable bonds is 3. The molecule has 1 fully saturated rings. The maximum absolute atomic E-state index is 9.89. The van der Waals surface area contributed by atoms with Crippen molar-refractivity contribution in [3.8, 4) is 0 Å². The first-order valence-electron chi connectivity index (χ1n) is 6.50. The van der Waals surface area contributed by atoms with Gasteiger partial charge in [0.15, 0.2) is 0 Å². The Balaban J connectivity index is 2.31. The molecule has 1 aromatic rings. The van der Waals surface area contributed by atoms with Crippen LogP contribution in [0.1, 0.15) is 18.9 Å². The molecule has 1 aromatic carbocycles. The van der Waals surface area contributed by atoms with Gasteiger partial charge in [-0.15, -0.1) is 0 Å². The van der Waals surface area contributed by atoms with Crippen LogP contribution in [0.5, 0.6) is 0 Å². The first kappa shape index (κ1) is 13.8. The van der Waals surface area contributed by atoms with Crippen LogP contribution >= 0.6 is 11.6 Å². The lowest BCUT2D eigenvalue weighted by Crippen LogP contribution is -2.48. The topological polar surface area (TPSA) is 35.5 Å². The summed E-state index contributed by atoms with van der Waals surface area (Å²) in [7, 11) is 0. The van der Waals surface area contributed by atoms with Crippen LogP contribution < -0.4 is 5.32 Å². The average Bonchev–Trinajstić information content (AvgIpc) is 2.67. The molecule has 1 heterocycles. The molecular formula is C14H21ClN2O. The highest BCUT2D eigenvalue weighted by Crippen LogP contribution is 2.33. The Morgan fingerprint density at radius 2 is 2.11 bits per heavy atom. The number of aliphatic hydroxyl groups is 1. The maximum atomic E-state index is 9.89. The summed E-state index contributed by atoms with van der Waals surface area (Å²) in [5.41, 5.74) is 0.612. The number of halogens is 1. The van der Waals surface area contributed by atoms with Crippen molar-refractivity contribution in [2.24, 2.45) is 0 Å². The van der Waals surface area contributed by atoms with Crippen molar-refractivity contribution in [3.05, 3.63) is 34.9 Å². The Kier molecular flexibility index (Phi) is 4.62. The van der Waals surface area contributed by atoms with Crippen molar-refractivity contribution in [1.29, 1.82) is 0 Å². The van der Waals surface area contributed by atoms with E-state index in [-0.39, 0.29) is 6.61 Å². The lowest BCUT2D eigenvalue weighted by atomic mass is 9.90. The third kappa shape index (κ3) is 2.69. The molecule has 1 atom stereocenters. The summed E-state index contributed by atoms with van der Waals surface area (Å²) in [5, 5.41) is 14.0. The minimum Gasteiger partial charge on any atom is -0.394 e. The summed E-state index contributed by atoms with van der Waals surface area (Å²) in [6.07, 6.45) is 1.10. The maximum Gasteiger partial charge on any atom is 0.0680 e. The molecule has 0 aliphatic carbocycles. The van der Waals surface area contributed by atoms with Gasteiger partial charge in [-0.2, -0.15) is 0 Å². The molecule has 4 heteroatoms. The van der Waals surface area contributed by atoms with E-state index in [1.165, 1.54) is 0 Å². The highest BCUT2D eigenvalue weighted by atomic mass is 35.5. The molecule has 3 nitrogen and oxygen atoms in total. The van der Waals surface area contributed by atoms with Gasteiger partial charge < -0.3 is 10.4 Å². The van der Waals surface area contributed by atoms with E-state index in [0.29, 0.717) is 0 Å². The summed E-state index contributed by atoms with van der Waals surface area (Å²) in [5.74, 6) is 0. The van der Waals surface area contributed by atoms with E-state index in [0.717, 1.165) is 43.2 Å². The number of hydrogen-bond acceptors (Lipinski definition) is 3. The zero-order valence-corrected chi connectivity index (χ0v) is 11.6. The van der Waals surface area contributed by atoms with Crippen LogP contribution in [0.25, 0.3) is 0 Å². The van der Waals surface area contributed by atoms with E-state index in [9.17, 15) is 5.11 Å². The minimum atomic E-state index is -0.398. The Morgan fingerprint density at radius 3 is 2.83 bits per heavy atom. The Hall–Kier alpha value is -0.610. The van der Waals surface area contributed by atoms with Gasteiger partial charge in [0.05, 0.1) is 12.1 Å². The molecule has 0 radical (unpaired) electrons. The van der Waals surface area contributed by atoms with Crippen LogP contribution in [0.2, 0.25) is 5.02 Å². The molecule has 2 N–H and O–H groups in total. The number of hydrogen-bond donors (Lipinski definition) is 2. The van der Waals surface area contributed by atoms with Crippen LogP contribution in [0.15, 0.2) is 24.3 Å². The molecule has 0 aromatic heterocycles. The molecular weight excluding hydrogens is 248 g/mol. The van der Waals surface area contributed by atoms with Gasteiger partial charge in [0.1, 0.15) is 0 Å². The van der Waals surface area contributed by atoms with Gasteiger partial charge in [0, 0.05) is 24.7 Å². The molecule has 0 spiro atoms. The van der Waals surface area contributed by atoms with Crippen molar-refractivity contribution in [1.82, 2.24) is 10.2 Å². The highest BCUT2D eigenvalue weighted by Gasteiger charge is 2.34. The second-order valence-electron chi connectivity index (χ2n) is 5.00. The van der Waals surface area contributed by atoms with E-state index in [1.807, 2.05) is 24.3 Å².